The summed E-state index contributed by atoms with van der Waals surface area (Å²) >= 11 is 2.77. The van der Waals surface area contributed by atoms with Crippen LogP contribution in [0.15, 0.2) is 28.6 Å². The zero-order chi connectivity index (χ0) is 17.2. The molecule has 1 amide bonds. The maximum atomic E-state index is 12.0. The van der Waals surface area contributed by atoms with Crippen molar-refractivity contribution in [2.75, 3.05) is 43.3 Å². The highest BCUT2D eigenvalue weighted by atomic mass is 32.2. The van der Waals surface area contributed by atoms with Crippen LogP contribution in [0.5, 0.6) is 5.75 Å². The minimum Gasteiger partial charge on any atom is -0.494 e. The topological polar surface area (TPSA) is 85.4 Å². The Kier molecular flexibility index (Phi) is 7.80. The minimum atomic E-state index is -0.0896. The number of hydrogen-bond donors (Lipinski definition) is 2. The van der Waals surface area contributed by atoms with Crippen molar-refractivity contribution in [1.29, 1.82) is 0 Å². The Balaban J connectivity index is 1.74. The Morgan fingerprint density at radius 2 is 2.08 bits per heavy atom. The molecule has 0 aliphatic carbocycles. The summed E-state index contributed by atoms with van der Waals surface area (Å²) < 4.78 is 11.1. The number of amides is 1. The van der Waals surface area contributed by atoms with E-state index in [1.807, 2.05) is 31.2 Å². The van der Waals surface area contributed by atoms with Crippen molar-refractivity contribution < 1.29 is 14.3 Å². The summed E-state index contributed by atoms with van der Waals surface area (Å²) in [6, 6.07) is 7.29. The fraction of sp³-hybridized carbons (Fsp3) is 0.400. The quantitative estimate of drug-likeness (QED) is 0.493. The van der Waals surface area contributed by atoms with Crippen molar-refractivity contribution in [3.05, 3.63) is 24.3 Å². The van der Waals surface area contributed by atoms with E-state index >= 15 is 0 Å². The third-order valence-corrected chi connectivity index (χ3v) is 4.78. The molecule has 0 atom stereocenters. The average molecular weight is 368 g/mol. The Hall–Kier alpha value is -1.84. The first-order chi connectivity index (χ1) is 11.7. The molecule has 130 valence electrons. The highest BCUT2D eigenvalue weighted by Crippen LogP contribution is 2.25. The number of aromatic nitrogens is 2. The van der Waals surface area contributed by atoms with E-state index in [0.717, 1.165) is 20.9 Å². The summed E-state index contributed by atoms with van der Waals surface area (Å²) in [5, 5.41) is 14.7. The van der Waals surface area contributed by atoms with E-state index in [1.165, 1.54) is 23.1 Å². The van der Waals surface area contributed by atoms with Crippen LogP contribution >= 0.6 is 23.1 Å². The third-order valence-electron chi connectivity index (χ3n) is 2.76. The van der Waals surface area contributed by atoms with Gasteiger partial charge in [-0.15, -0.1) is 10.2 Å². The van der Waals surface area contributed by atoms with Gasteiger partial charge in [0.25, 0.3) is 0 Å². The SMILES string of the molecule is CCOc1ccc(NC(=O)CSc2nnc(NCCOC)s2)cc1. The van der Waals surface area contributed by atoms with Gasteiger partial charge in [-0.2, -0.15) is 0 Å². The monoisotopic (exact) mass is 368 g/mol. The molecule has 0 saturated carbocycles. The van der Waals surface area contributed by atoms with Gasteiger partial charge >= 0.3 is 0 Å². The predicted molar refractivity (Wildman–Crippen MR) is 97.2 cm³/mol. The second kappa shape index (κ2) is 10.1. The lowest BCUT2D eigenvalue weighted by Gasteiger charge is -2.06. The number of rotatable bonds is 10. The number of carbonyl (C=O) groups excluding carboxylic acids is 1. The molecule has 0 saturated heterocycles. The maximum absolute atomic E-state index is 12.0. The Labute approximate surface area is 149 Å². The highest BCUT2D eigenvalue weighted by Gasteiger charge is 2.08. The lowest BCUT2D eigenvalue weighted by Crippen LogP contribution is -2.13. The highest BCUT2D eigenvalue weighted by molar-refractivity contribution is 8.01. The molecule has 0 fully saturated rings. The number of thioether (sulfide) groups is 1. The first-order valence-corrected chi connectivity index (χ1v) is 9.23. The van der Waals surface area contributed by atoms with Crippen molar-refractivity contribution in [1.82, 2.24) is 10.2 Å². The van der Waals surface area contributed by atoms with Crippen LogP contribution in [0.25, 0.3) is 0 Å². The molecule has 1 aromatic heterocycles. The van der Waals surface area contributed by atoms with E-state index < -0.39 is 0 Å². The van der Waals surface area contributed by atoms with Gasteiger partial charge in [0.15, 0.2) is 4.34 Å². The van der Waals surface area contributed by atoms with E-state index in [0.29, 0.717) is 19.8 Å². The molecule has 0 radical (unpaired) electrons. The summed E-state index contributed by atoms with van der Waals surface area (Å²) in [5.41, 5.74) is 0.739. The standard InChI is InChI=1S/C15H20N4O3S2/c1-3-22-12-6-4-11(5-7-12)17-13(20)10-23-15-19-18-14(24-15)16-8-9-21-2/h4-7H,3,8-10H2,1-2H3,(H,16,18)(H,17,20). The Morgan fingerprint density at radius 1 is 1.29 bits per heavy atom. The molecule has 0 bridgehead atoms. The van der Waals surface area contributed by atoms with Gasteiger partial charge < -0.3 is 20.1 Å². The first kappa shape index (κ1) is 18.5. The van der Waals surface area contributed by atoms with E-state index in [9.17, 15) is 4.79 Å². The van der Waals surface area contributed by atoms with Crippen molar-refractivity contribution in [3.8, 4) is 5.75 Å². The molecule has 7 nitrogen and oxygen atoms in total. The number of ether oxygens (including phenoxy) is 2. The summed E-state index contributed by atoms with van der Waals surface area (Å²) in [7, 11) is 1.64. The molecule has 0 spiro atoms. The van der Waals surface area contributed by atoms with Gasteiger partial charge in [-0.25, -0.2) is 0 Å². The zero-order valence-electron chi connectivity index (χ0n) is 13.6. The zero-order valence-corrected chi connectivity index (χ0v) is 15.2. The molecular weight excluding hydrogens is 348 g/mol. The normalized spacial score (nSPS) is 10.4. The van der Waals surface area contributed by atoms with Crippen LogP contribution in [0.1, 0.15) is 6.92 Å². The maximum Gasteiger partial charge on any atom is 0.234 e. The van der Waals surface area contributed by atoms with Crippen LogP contribution in [0, 0.1) is 0 Å². The van der Waals surface area contributed by atoms with E-state index in [-0.39, 0.29) is 11.7 Å². The van der Waals surface area contributed by atoms with Crippen LogP contribution < -0.4 is 15.4 Å². The lowest BCUT2D eigenvalue weighted by molar-refractivity contribution is -0.113. The largest absolute Gasteiger partial charge is 0.494 e. The minimum absolute atomic E-state index is 0.0896. The molecule has 2 aromatic rings. The van der Waals surface area contributed by atoms with Crippen LogP contribution in [-0.2, 0) is 9.53 Å². The van der Waals surface area contributed by atoms with Crippen molar-refractivity contribution in [2.24, 2.45) is 0 Å². The second-order valence-corrected chi connectivity index (χ2v) is 6.79. The van der Waals surface area contributed by atoms with Crippen LogP contribution in [-0.4, -0.2) is 48.7 Å². The van der Waals surface area contributed by atoms with Crippen LogP contribution in [0.3, 0.4) is 0 Å². The van der Waals surface area contributed by atoms with E-state index in [1.54, 1.807) is 7.11 Å². The van der Waals surface area contributed by atoms with Gasteiger partial charge in [0.05, 0.1) is 19.0 Å². The molecule has 2 N–H and O–H groups in total. The van der Waals surface area contributed by atoms with Gasteiger partial charge in [0.1, 0.15) is 5.75 Å². The van der Waals surface area contributed by atoms with Crippen LogP contribution in [0.2, 0.25) is 0 Å². The number of anilines is 2. The third kappa shape index (κ3) is 6.34. The number of nitrogens with one attached hydrogen (secondary N) is 2. The Bertz CT molecular complexity index is 634. The molecule has 1 heterocycles. The average Bonchev–Trinajstić information content (AvgIpc) is 3.03. The van der Waals surface area contributed by atoms with Gasteiger partial charge in [-0.1, -0.05) is 23.1 Å². The molecule has 1 aromatic carbocycles. The molecule has 0 aliphatic rings. The lowest BCUT2D eigenvalue weighted by atomic mass is 10.3. The molecule has 0 unspecified atom stereocenters. The summed E-state index contributed by atoms with van der Waals surface area (Å²) in [6.07, 6.45) is 0. The summed E-state index contributed by atoms with van der Waals surface area (Å²) in [5.74, 6) is 0.973. The number of nitrogens with zero attached hydrogens (tertiary/aromatic N) is 2. The van der Waals surface area contributed by atoms with Crippen molar-refractivity contribution >= 4 is 39.8 Å². The molecule has 24 heavy (non-hydrogen) atoms. The molecule has 2 rings (SSSR count). The molecule has 9 heteroatoms. The molecular formula is C15H20N4O3S2. The van der Waals surface area contributed by atoms with Gasteiger partial charge in [-0.05, 0) is 31.2 Å². The summed E-state index contributed by atoms with van der Waals surface area (Å²) in [4.78, 5) is 12.0. The number of benzene rings is 1. The van der Waals surface area contributed by atoms with Crippen molar-refractivity contribution in [3.63, 3.8) is 0 Å². The fourth-order valence-electron chi connectivity index (χ4n) is 1.73. The number of carbonyl (C=O) groups is 1. The molecule has 0 aliphatic heterocycles. The van der Waals surface area contributed by atoms with Crippen molar-refractivity contribution in [2.45, 2.75) is 11.3 Å². The second-order valence-electron chi connectivity index (χ2n) is 4.59. The van der Waals surface area contributed by atoms with Crippen LogP contribution in [0.4, 0.5) is 10.8 Å². The number of methoxy groups -OCH3 is 1. The van der Waals surface area contributed by atoms with E-state index in [2.05, 4.69) is 20.8 Å². The van der Waals surface area contributed by atoms with Gasteiger partial charge in [-0.3, -0.25) is 4.79 Å². The summed E-state index contributed by atoms with van der Waals surface area (Å²) in [6.45, 7) is 3.83. The fourth-order valence-corrected chi connectivity index (χ4v) is 3.30. The van der Waals surface area contributed by atoms with Gasteiger partial charge in [0.2, 0.25) is 11.0 Å². The first-order valence-electron chi connectivity index (χ1n) is 7.43. The number of hydrogen-bond acceptors (Lipinski definition) is 8. The smallest absolute Gasteiger partial charge is 0.234 e. The predicted octanol–water partition coefficient (Wildman–Crippen LogP) is 2.73. The van der Waals surface area contributed by atoms with Gasteiger partial charge in [0, 0.05) is 19.3 Å². The van der Waals surface area contributed by atoms with E-state index in [4.69, 9.17) is 9.47 Å². The Morgan fingerprint density at radius 3 is 2.79 bits per heavy atom.